The molecule has 0 aliphatic carbocycles. The molecule has 1 heterocycles. The summed E-state index contributed by atoms with van der Waals surface area (Å²) >= 11 is 0. The molecule has 0 atom stereocenters. The lowest BCUT2D eigenvalue weighted by Crippen LogP contribution is -2.09. The van der Waals surface area contributed by atoms with E-state index < -0.39 is 0 Å². The van der Waals surface area contributed by atoms with Gasteiger partial charge in [-0.2, -0.15) is 0 Å². The summed E-state index contributed by atoms with van der Waals surface area (Å²) in [5, 5.41) is 3.34. The first-order chi connectivity index (χ1) is 9.67. The van der Waals surface area contributed by atoms with E-state index in [0.717, 1.165) is 23.5 Å². The maximum Gasteiger partial charge on any atom is 0.338 e. The van der Waals surface area contributed by atoms with Gasteiger partial charge >= 0.3 is 5.97 Å². The van der Waals surface area contributed by atoms with Gasteiger partial charge in [0.2, 0.25) is 0 Å². The highest BCUT2D eigenvalue weighted by atomic mass is 16.5. The molecule has 0 saturated heterocycles. The van der Waals surface area contributed by atoms with Crippen LogP contribution < -0.4 is 5.32 Å². The van der Waals surface area contributed by atoms with Crippen molar-refractivity contribution >= 4 is 11.7 Å². The standard InChI is InChI=1S/C15H19N3O2/c1-4-18-10-16-8-12(18)9-17-14-7-5-6-13(11(14)2)15(19)20-3/h5-8,10,17H,4,9H2,1-3H3. The van der Waals surface area contributed by atoms with Crippen LogP contribution in [0.4, 0.5) is 5.69 Å². The molecule has 0 spiro atoms. The highest BCUT2D eigenvalue weighted by molar-refractivity contribution is 5.92. The molecule has 20 heavy (non-hydrogen) atoms. The number of hydrogen-bond donors (Lipinski definition) is 1. The van der Waals surface area contributed by atoms with Gasteiger partial charge in [-0.25, -0.2) is 9.78 Å². The Labute approximate surface area is 118 Å². The van der Waals surface area contributed by atoms with Crippen molar-refractivity contribution < 1.29 is 9.53 Å². The number of nitrogens with zero attached hydrogens (tertiary/aromatic N) is 2. The van der Waals surface area contributed by atoms with E-state index in [9.17, 15) is 4.79 Å². The Morgan fingerprint density at radius 2 is 2.25 bits per heavy atom. The Hall–Kier alpha value is -2.30. The van der Waals surface area contributed by atoms with Crippen molar-refractivity contribution in [3.8, 4) is 0 Å². The number of hydrogen-bond acceptors (Lipinski definition) is 4. The van der Waals surface area contributed by atoms with Gasteiger partial charge in [-0.3, -0.25) is 0 Å². The van der Waals surface area contributed by atoms with Gasteiger partial charge in [-0.15, -0.1) is 0 Å². The fourth-order valence-corrected chi connectivity index (χ4v) is 2.12. The molecule has 0 aliphatic heterocycles. The summed E-state index contributed by atoms with van der Waals surface area (Å²) in [5.74, 6) is -0.315. The minimum atomic E-state index is -0.315. The maximum atomic E-state index is 11.7. The molecule has 1 aromatic carbocycles. The Bertz CT molecular complexity index is 605. The molecule has 5 heteroatoms. The van der Waals surface area contributed by atoms with Crippen LogP contribution in [0, 0.1) is 6.92 Å². The van der Waals surface area contributed by atoms with Crippen LogP contribution in [0.1, 0.15) is 28.5 Å². The average molecular weight is 273 g/mol. The second-order valence-electron chi connectivity index (χ2n) is 4.49. The van der Waals surface area contributed by atoms with Crippen molar-refractivity contribution in [1.29, 1.82) is 0 Å². The zero-order valence-electron chi connectivity index (χ0n) is 12.0. The molecule has 0 unspecified atom stereocenters. The lowest BCUT2D eigenvalue weighted by molar-refractivity contribution is 0.0600. The first kappa shape index (κ1) is 14.1. The fraction of sp³-hybridized carbons (Fsp3) is 0.333. The zero-order valence-corrected chi connectivity index (χ0v) is 12.0. The number of nitrogens with one attached hydrogen (secondary N) is 1. The Kier molecular flexibility index (Phi) is 4.40. The van der Waals surface area contributed by atoms with E-state index in [-0.39, 0.29) is 5.97 Å². The Morgan fingerprint density at radius 3 is 2.95 bits per heavy atom. The van der Waals surface area contributed by atoms with Crippen LogP contribution in [0.25, 0.3) is 0 Å². The highest BCUT2D eigenvalue weighted by Crippen LogP contribution is 2.20. The van der Waals surface area contributed by atoms with Crippen molar-refractivity contribution in [3.63, 3.8) is 0 Å². The third-order valence-corrected chi connectivity index (χ3v) is 3.34. The van der Waals surface area contributed by atoms with E-state index in [1.54, 1.807) is 6.07 Å². The topological polar surface area (TPSA) is 56.2 Å². The number of carbonyl (C=O) groups excluding carboxylic acids is 1. The molecule has 0 radical (unpaired) electrons. The molecule has 0 bridgehead atoms. The number of carbonyl (C=O) groups is 1. The third-order valence-electron chi connectivity index (χ3n) is 3.34. The molecule has 2 aromatic rings. The van der Waals surface area contributed by atoms with Crippen LogP contribution in [-0.4, -0.2) is 22.6 Å². The second kappa shape index (κ2) is 6.23. The van der Waals surface area contributed by atoms with E-state index in [2.05, 4.69) is 21.8 Å². The first-order valence-electron chi connectivity index (χ1n) is 6.58. The summed E-state index contributed by atoms with van der Waals surface area (Å²) in [6.45, 7) is 5.54. The van der Waals surface area contributed by atoms with Crippen LogP contribution >= 0.6 is 0 Å². The molecule has 106 valence electrons. The number of esters is 1. The minimum Gasteiger partial charge on any atom is -0.465 e. The number of imidazole rings is 1. The molecule has 0 aliphatic rings. The lowest BCUT2D eigenvalue weighted by Gasteiger charge is -2.13. The van der Waals surface area contributed by atoms with Crippen molar-refractivity contribution in [1.82, 2.24) is 9.55 Å². The number of benzene rings is 1. The fourth-order valence-electron chi connectivity index (χ4n) is 2.12. The predicted molar refractivity (Wildman–Crippen MR) is 77.7 cm³/mol. The van der Waals surface area contributed by atoms with Gasteiger partial charge in [-0.05, 0) is 31.5 Å². The molecule has 1 aromatic heterocycles. The second-order valence-corrected chi connectivity index (χ2v) is 4.49. The van der Waals surface area contributed by atoms with E-state index in [4.69, 9.17) is 4.74 Å². The van der Waals surface area contributed by atoms with Crippen LogP contribution in [0.3, 0.4) is 0 Å². The van der Waals surface area contributed by atoms with E-state index in [1.165, 1.54) is 7.11 Å². The van der Waals surface area contributed by atoms with Crippen molar-refractivity contribution in [2.24, 2.45) is 0 Å². The molecule has 5 nitrogen and oxygen atoms in total. The van der Waals surface area contributed by atoms with Gasteiger partial charge < -0.3 is 14.6 Å². The molecular formula is C15H19N3O2. The number of methoxy groups -OCH3 is 1. The third kappa shape index (κ3) is 2.82. The van der Waals surface area contributed by atoms with E-state index in [1.807, 2.05) is 31.6 Å². The number of aromatic nitrogens is 2. The monoisotopic (exact) mass is 273 g/mol. The van der Waals surface area contributed by atoms with Crippen LogP contribution in [0.2, 0.25) is 0 Å². The highest BCUT2D eigenvalue weighted by Gasteiger charge is 2.11. The van der Waals surface area contributed by atoms with Gasteiger partial charge in [0.1, 0.15) is 0 Å². The molecule has 1 N–H and O–H groups in total. The smallest absolute Gasteiger partial charge is 0.338 e. The summed E-state index contributed by atoms with van der Waals surface area (Å²) in [6, 6.07) is 5.57. The predicted octanol–water partition coefficient (Wildman–Crippen LogP) is 2.61. The zero-order chi connectivity index (χ0) is 14.5. The quantitative estimate of drug-likeness (QED) is 0.851. The molecular weight excluding hydrogens is 254 g/mol. The van der Waals surface area contributed by atoms with Crippen LogP contribution in [0.5, 0.6) is 0 Å². The molecule has 0 saturated carbocycles. The van der Waals surface area contributed by atoms with Crippen molar-refractivity contribution in [3.05, 3.63) is 47.5 Å². The van der Waals surface area contributed by atoms with Gasteiger partial charge in [0.15, 0.2) is 0 Å². The largest absolute Gasteiger partial charge is 0.465 e. The Morgan fingerprint density at radius 1 is 1.45 bits per heavy atom. The molecule has 0 amide bonds. The summed E-state index contributed by atoms with van der Waals surface area (Å²) in [6.07, 6.45) is 3.66. The van der Waals surface area contributed by atoms with E-state index >= 15 is 0 Å². The van der Waals surface area contributed by atoms with E-state index in [0.29, 0.717) is 12.1 Å². The van der Waals surface area contributed by atoms with Gasteiger partial charge in [0.05, 0.1) is 31.2 Å². The molecule has 0 fully saturated rings. The average Bonchev–Trinajstić information content (AvgIpc) is 2.93. The lowest BCUT2D eigenvalue weighted by atomic mass is 10.1. The van der Waals surface area contributed by atoms with Crippen molar-refractivity contribution in [2.45, 2.75) is 26.9 Å². The number of rotatable bonds is 5. The maximum absolute atomic E-state index is 11.7. The van der Waals surface area contributed by atoms with Gasteiger partial charge in [-0.1, -0.05) is 6.07 Å². The number of ether oxygens (including phenoxy) is 1. The van der Waals surface area contributed by atoms with Crippen LogP contribution in [0.15, 0.2) is 30.7 Å². The van der Waals surface area contributed by atoms with Gasteiger partial charge in [0.25, 0.3) is 0 Å². The summed E-state index contributed by atoms with van der Waals surface area (Å²) in [5.41, 5.74) is 3.51. The number of aryl methyl sites for hydroxylation is 1. The number of anilines is 1. The summed E-state index contributed by atoms with van der Waals surface area (Å²) in [7, 11) is 1.39. The van der Waals surface area contributed by atoms with Crippen LogP contribution in [-0.2, 0) is 17.8 Å². The summed E-state index contributed by atoms with van der Waals surface area (Å²) in [4.78, 5) is 15.8. The minimum absolute atomic E-state index is 0.315. The normalized spacial score (nSPS) is 10.3. The van der Waals surface area contributed by atoms with Crippen molar-refractivity contribution in [2.75, 3.05) is 12.4 Å². The summed E-state index contributed by atoms with van der Waals surface area (Å²) < 4.78 is 6.85. The Balaban J connectivity index is 2.16. The van der Waals surface area contributed by atoms with Gasteiger partial charge in [0, 0.05) is 18.4 Å². The SMILES string of the molecule is CCn1cncc1CNc1cccc(C(=O)OC)c1C. The first-order valence-corrected chi connectivity index (χ1v) is 6.58. The molecule has 2 rings (SSSR count).